The third-order valence-corrected chi connectivity index (χ3v) is 4.41. The molecule has 23 heavy (non-hydrogen) atoms. The van der Waals surface area contributed by atoms with Gasteiger partial charge in [-0.2, -0.15) is 5.10 Å². The monoisotopic (exact) mass is 311 g/mol. The summed E-state index contributed by atoms with van der Waals surface area (Å²) in [5.74, 6) is -0.110. The SMILES string of the molecule is O=C1C[C@H](CC(=O)N2Cc3cnn(-c4ccccc4)c3C2)CO1. The van der Waals surface area contributed by atoms with E-state index in [1.807, 2.05) is 46.1 Å². The van der Waals surface area contributed by atoms with Gasteiger partial charge in [-0.05, 0) is 12.1 Å². The number of esters is 1. The molecule has 1 fully saturated rings. The Balaban J connectivity index is 1.47. The molecule has 1 saturated heterocycles. The minimum absolute atomic E-state index is 0.0179. The Labute approximate surface area is 133 Å². The predicted octanol–water partition coefficient (Wildman–Crippen LogP) is 1.67. The summed E-state index contributed by atoms with van der Waals surface area (Å²) >= 11 is 0. The van der Waals surface area contributed by atoms with Gasteiger partial charge in [0.05, 0.1) is 37.2 Å². The van der Waals surface area contributed by atoms with E-state index < -0.39 is 0 Å². The van der Waals surface area contributed by atoms with Gasteiger partial charge in [-0.15, -0.1) is 0 Å². The number of aromatic nitrogens is 2. The van der Waals surface area contributed by atoms with E-state index in [4.69, 9.17) is 4.74 Å². The van der Waals surface area contributed by atoms with E-state index in [1.165, 1.54) is 0 Å². The van der Waals surface area contributed by atoms with Gasteiger partial charge in [0.25, 0.3) is 0 Å². The predicted molar refractivity (Wildman–Crippen MR) is 81.5 cm³/mol. The highest BCUT2D eigenvalue weighted by Gasteiger charge is 2.31. The van der Waals surface area contributed by atoms with Gasteiger partial charge in [-0.25, -0.2) is 4.68 Å². The third kappa shape index (κ3) is 2.60. The molecule has 4 rings (SSSR count). The number of amides is 1. The molecule has 2 aliphatic heterocycles. The fraction of sp³-hybridized carbons (Fsp3) is 0.353. The van der Waals surface area contributed by atoms with Gasteiger partial charge in [0.1, 0.15) is 0 Å². The van der Waals surface area contributed by atoms with Crippen LogP contribution >= 0.6 is 0 Å². The fourth-order valence-corrected chi connectivity index (χ4v) is 3.19. The van der Waals surface area contributed by atoms with Crippen molar-refractivity contribution in [1.29, 1.82) is 0 Å². The molecule has 0 bridgehead atoms. The van der Waals surface area contributed by atoms with Crippen LogP contribution in [0.25, 0.3) is 5.69 Å². The highest BCUT2D eigenvalue weighted by Crippen LogP contribution is 2.27. The van der Waals surface area contributed by atoms with Crippen LogP contribution < -0.4 is 0 Å². The molecule has 0 radical (unpaired) electrons. The van der Waals surface area contributed by atoms with Gasteiger partial charge in [0, 0.05) is 24.4 Å². The number of para-hydroxylation sites is 1. The highest BCUT2D eigenvalue weighted by atomic mass is 16.5. The van der Waals surface area contributed by atoms with Crippen molar-refractivity contribution in [2.45, 2.75) is 25.9 Å². The van der Waals surface area contributed by atoms with Crippen LogP contribution in [0.15, 0.2) is 36.5 Å². The summed E-state index contributed by atoms with van der Waals surface area (Å²) in [6.07, 6.45) is 2.55. The normalized spacial score (nSPS) is 19.7. The molecule has 3 heterocycles. The summed E-state index contributed by atoms with van der Waals surface area (Å²) in [5, 5.41) is 4.43. The van der Waals surface area contributed by atoms with E-state index in [2.05, 4.69) is 5.10 Å². The molecule has 2 aliphatic rings. The Morgan fingerprint density at radius 3 is 2.83 bits per heavy atom. The van der Waals surface area contributed by atoms with Gasteiger partial charge in [-0.1, -0.05) is 18.2 Å². The Morgan fingerprint density at radius 1 is 1.26 bits per heavy atom. The number of ether oxygens (including phenoxy) is 1. The molecule has 6 heteroatoms. The van der Waals surface area contributed by atoms with Crippen molar-refractivity contribution >= 4 is 11.9 Å². The minimum Gasteiger partial charge on any atom is -0.465 e. The maximum absolute atomic E-state index is 12.5. The van der Waals surface area contributed by atoms with Crippen molar-refractivity contribution in [3.05, 3.63) is 47.8 Å². The lowest BCUT2D eigenvalue weighted by Crippen LogP contribution is -2.28. The van der Waals surface area contributed by atoms with Crippen molar-refractivity contribution in [2.75, 3.05) is 6.61 Å². The van der Waals surface area contributed by atoms with Crippen LogP contribution in [0.2, 0.25) is 0 Å². The van der Waals surface area contributed by atoms with Gasteiger partial charge < -0.3 is 9.64 Å². The molecule has 1 aromatic heterocycles. The van der Waals surface area contributed by atoms with Crippen LogP contribution in [0.5, 0.6) is 0 Å². The Hall–Kier alpha value is -2.63. The Bertz CT molecular complexity index is 754. The number of rotatable bonds is 3. The number of hydrogen-bond donors (Lipinski definition) is 0. The second kappa shape index (κ2) is 5.53. The van der Waals surface area contributed by atoms with E-state index in [0.717, 1.165) is 16.9 Å². The average Bonchev–Trinajstić information content (AvgIpc) is 3.23. The standard InChI is InChI=1S/C17H17N3O3/c21-16(6-12-7-17(22)23-11-12)19-9-13-8-18-20(15(13)10-19)14-4-2-1-3-5-14/h1-5,8,12H,6-7,9-11H2/t12-/m0/s1. The zero-order valence-corrected chi connectivity index (χ0v) is 12.6. The van der Waals surface area contributed by atoms with Gasteiger partial charge in [-0.3, -0.25) is 9.59 Å². The number of hydrogen-bond acceptors (Lipinski definition) is 4. The first-order valence-corrected chi connectivity index (χ1v) is 7.75. The van der Waals surface area contributed by atoms with Crippen molar-refractivity contribution < 1.29 is 14.3 Å². The van der Waals surface area contributed by atoms with Gasteiger partial charge >= 0.3 is 5.97 Å². The zero-order valence-electron chi connectivity index (χ0n) is 12.6. The van der Waals surface area contributed by atoms with Crippen LogP contribution in [0, 0.1) is 5.92 Å². The maximum atomic E-state index is 12.5. The molecule has 1 atom stereocenters. The number of benzene rings is 1. The molecule has 0 saturated carbocycles. The van der Waals surface area contributed by atoms with Crippen molar-refractivity contribution in [1.82, 2.24) is 14.7 Å². The molecule has 1 amide bonds. The second-order valence-corrected chi connectivity index (χ2v) is 6.07. The average molecular weight is 311 g/mol. The lowest BCUT2D eigenvalue weighted by atomic mass is 10.0. The van der Waals surface area contributed by atoms with Gasteiger partial charge in [0.2, 0.25) is 5.91 Å². The third-order valence-electron chi connectivity index (χ3n) is 4.41. The molecular formula is C17H17N3O3. The van der Waals surface area contributed by atoms with Gasteiger partial charge in [0.15, 0.2) is 0 Å². The fourth-order valence-electron chi connectivity index (χ4n) is 3.19. The molecule has 0 N–H and O–H groups in total. The number of cyclic esters (lactones) is 1. The smallest absolute Gasteiger partial charge is 0.306 e. The summed E-state index contributed by atoms with van der Waals surface area (Å²) in [6, 6.07) is 9.91. The Kier molecular flexibility index (Phi) is 3.37. The molecule has 0 aliphatic carbocycles. The molecule has 0 unspecified atom stereocenters. The van der Waals surface area contributed by atoms with Crippen molar-refractivity contribution in [3.8, 4) is 5.69 Å². The van der Waals surface area contributed by atoms with E-state index in [-0.39, 0.29) is 17.8 Å². The van der Waals surface area contributed by atoms with E-state index in [9.17, 15) is 9.59 Å². The molecule has 6 nitrogen and oxygen atoms in total. The Morgan fingerprint density at radius 2 is 2.09 bits per heavy atom. The first-order chi connectivity index (χ1) is 11.2. The number of fused-ring (bicyclic) bond motifs is 1. The second-order valence-electron chi connectivity index (χ2n) is 6.07. The van der Waals surface area contributed by atoms with Crippen molar-refractivity contribution in [3.63, 3.8) is 0 Å². The topological polar surface area (TPSA) is 64.4 Å². The van der Waals surface area contributed by atoms with E-state index in [1.54, 1.807) is 0 Å². The van der Waals surface area contributed by atoms with Crippen molar-refractivity contribution in [2.24, 2.45) is 5.92 Å². The molecular weight excluding hydrogens is 294 g/mol. The first kappa shape index (κ1) is 14.0. The first-order valence-electron chi connectivity index (χ1n) is 7.75. The molecule has 1 aromatic carbocycles. The van der Waals surface area contributed by atoms with E-state index >= 15 is 0 Å². The van der Waals surface area contributed by atoms with Crippen LogP contribution in [0.3, 0.4) is 0 Å². The molecule has 0 spiro atoms. The number of carbonyl (C=O) groups excluding carboxylic acids is 2. The zero-order chi connectivity index (χ0) is 15.8. The van der Waals surface area contributed by atoms with Crippen LogP contribution in [0.1, 0.15) is 24.1 Å². The number of carbonyl (C=O) groups is 2. The van der Waals surface area contributed by atoms with Crippen LogP contribution in [0.4, 0.5) is 0 Å². The van der Waals surface area contributed by atoms with Crippen LogP contribution in [-0.2, 0) is 27.4 Å². The summed E-state index contributed by atoms with van der Waals surface area (Å²) < 4.78 is 6.82. The summed E-state index contributed by atoms with van der Waals surface area (Å²) in [4.78, 5) is 25.4. The number of nitrogens with zero attached hydrogens (tertiary/aromatic N) is 3. The lowest BCUT2D eigenvalue weighted by Gasteiger charge is -2.17. The maximum Gasteiger partial charge on any atom is 0.306 e. The summed E-state index contributed by atoms with van der Waals surface area (Å²) in [5.41, 5.74) is 3.14. The minimum atomic E-state index is -0.202. The largest absolute Gasteiger partial charge is 0.465 e. The molecule has 2 aromatic rings. The van der Waals surface area contributed by atoms with Crippen LogP contribution in [-0.4, -0.2) is 33.2 Å². The summed E-state index contributed by atoms with van der Waals surface area (Å²) in [7, 11) is 0. The highest BCUT2D eigenvalue weighted by molar-refractivity contribution is 5.79. The van der Waals surface area contributed by atoms with E-state index in [0.29, 0.717) is 32.5 Å². The summed E-state index contributed by atoms with van der Waals surface area (Å²) in [6.45, 7) is 1.51. The molecule has 118 valence electrons. The quantitative estimate of drug-likeness (QED) is 0.809. The lowest BCUT2D eigenvalue weighted by molar-refractivity contribution is -0.138.